The van der Waals surface area contributed by atoms with Gasteiger partial charge in [-0.1, -0.05) is 17.7 Å². The van der Waals surface area contributed by atoms with Crippen molar-refractivity contribution in [1.29, 1.82) is 0 Å². The van der Waals surface area contributed by atoms with Crippen molar-refractivity contribution >= 4 is 11.9 Å². The summed E-state index contributed by atoms with van der Waals surface area (Å²) in [5.41, 5.74) is 3.89. The fourth-order valence-corrected chi connectivity index (χ4v) is 2.88. The molecule has 23 heavy (non-hydrogen) atoms. The second-order valence-corrected chi connectivity index (χ2v) is 6.18. The van der Waals surface area contributed by atoms with Crippen molar-refractivity contribution in [3.8, 4) is 0 Å². The summed E-state index contributed by atoms with van der Waals surface area (Å²) in [5.74, 6) is -0.931. The summed E-state index contributed by atoms with van der Waals surface area (Å²) in [6.45, 7) is 5.55. The second kappa shape index (κ2) is 7.31. The molecule has 0 aromatic carbocycles. The standard InChI is InChI=1S/C18H24N2O3/c1-11-16(9-17(10-19-11)18(22)23)8-14-4-6-15(7-5-14)12(2)20-13(3)21/h4,6,9-12,19H,5,7-8H2,1-3H3,(H,20,21)(H,22,23)/t11?,12-/m0/s1. The van der Waals surface area contributed by atoms with Crippen LogP contribution in [0.4, 0.5) is 0 Å². The van der Waals surface area contributed by atoms with Crippen LogP contribution in [-0.2, 0) is 9.59 Å². The number of aliphatic carboxylic acids is 1. The SMILES string of the molecule is CC(=O)N[C@@H](C)C1=CC=C(CC2=CC(C(=O)O)=CNC2C)CC1. The molecular formula is C18H24N2O3. The minimum atomic E-state index is -0.911. The third-order valence-electron chi connectivity index (χ3n) is 4.31. The lowest BCUT2D eigenvalue weighted by molar-refractivity contribution is -0.132. The van der Waals surface area contributed by atoms with Gasteiger partial charge in [-0.2, -0.15) is 0 Å². The first-order chi connectivity index (χ1) is 10.9. The molecule has 2 aliphatic rings. The van der Waals surface area contributed by atoms with Crippen molar-refractivity contribution < 1.29 is 14.7 Å². The summed E-state index contributed by atoms with van der Waals surface area (Å²) < 4.78 is 0. The zero-order valence-electron chi connectivity index (χ0n) is 13.8. The number of hydrogen-bond acceptors (Lipinski definition) is 3. The van der Waals surface area contributed by atoms with Crippen LogP contribution in [0.2, 0.25) is 0 Å². The fraction of sp³-hybridized carbons (Fsp3) is 0.444. The second-order valence-electron chi connectivity index (χ2n) is 6.18. The summed E-state index contributed by atoms with van der Waals surface area (Å²) in [5, 5.41) is 15.1. The molecule has 0 saturated heterocycles. The van der Waals surface area contributed by atoms with E-state index in [1.165, 1.54) is 18.1 Å². The topological polar surface area (TPSA) is 78.4 Å². The number of carbonyl (C=O) groups is 2. The van der Waals surface area contributed by atoms with Gasteiger partial charge in [0, 0.05) is 25.2 Å². The number of nitrogens with one attached hydrogen (secondary N) is 2. The molecule has 3 N–H and O–H groups in total. The third-order valence-corrected chi connectivity index (χ3v) is 4.31. The summed E-state index contributed by atoms with van der Waals surface area (Å²) in [7, 11) is 0. The Morgan fingerprint density at radius 3 is 2.70 bits per heavy atom. The van der Waals surface area contributed by atoms with E-state index in [0.29, 0.717) is 5.57 Å². The van der Waals surface area contributed by atoms with Gasteiger partial charge in [-0.25, -0.2) is 4.79 Å². The highest BCUT2D eigenvalue weighted by molar-refractivity contribution is 5.90. The van der Waals surface area contributed by atoms with Gasteiger partial charge in [0.1, 0.15) is 0 Å². The number of hydrogen-bond donors (Lipinski definition) is 3. The van der Waals surface area contributed by atoms with E-state index in [-0.39, 0.29) is 18.0 Å². The average Bonchev–Trinajstić information content (AvgIpc) is 2.49. The zero-order chi connectivity index (χ0) is 17.0. The molecule has 0 fully saturated rings. The fourth-order valence-electron chi connectivity index (χ4n) is 2.88. The molecule has 1 aliphatic heterocycles. The molecule has 2 rings (SSSR count). The van der Waals surface area contributed by atoms with Gasteiger partial charge in [-0.3, -0.25) is 4.79 Å². The zero-order valence-corrected chi connectivity index (χ0v) is 13.8. The van der Waals surface area contributed by atoms with Gasteiger partial charge in [-0.05, 0) is 50.3 Å². The van der Waals surface area contributed by atoms with E-state index in [0.717, 1.165) is 24.8 Å². The third kappa shape index (κ3) is 4.58. The van der Waals surface area contributed by atoms with Crippen molar-refractivity contribution in [2.75, 3.05) is 0 Å². The van der Waals surface area contributed by atoms with Crippen LogP contribution in [0.15, 0.2) is 46.7 Å². The molecule has 1 unspecified atom stereocenters. The van der Waals surface area contributed by atoms with E-state index in [9.17, 15) is 9.59 Å². The molecule has 0 radical (unpaired) electrons. The number of carbonyl (C=O) groups excluding carboxylic acids is 1. The molecule has 0 saturated carbocycles. The van der Waals surface area contributed by atoms with Gasteiger partial charge in [0.05, 0.1) is 5.57 Å². The maximum atomic E-state index is 11.1. The number of carboxylic acid groups (broad SMARTS) is 1. The number of allylic oxidation sites excluding steroid dienone is 3. The summed E-state index contributed by atoms with van der Waals surface area (Å²) in [6.07, 6.45) is 10.1. The predicted molar refractivity (Wildman–Crippen MR) is 89.7 cm³/mol. The van der Waals surface area contributed by atoms with E-state index >= 15 is 0 Å². The molecule has 124 valence electrons. The van der Waals surface area contributed by atoms with Crippen LogP contribution in [0, 0.1) is 0 Å². The summed E-state index contributed by atoms with van der Waals surface area (Å²) in [4.78, 5) is 22.2. The molecule has 1 aliphatic carbocycles. The van der Waals surface area contributed by atoms with Crippen LogP contribution in [0.5, 0.6) is 0 Å². The Labute approximate surface area is 136 Å². The predicted octanol–water partition coefficient (Wildman–Crippen LogP) is 2.43. The number of rotatable bonds is 5. The molecule has 5 nitrogen and oxygen atoms in total. The minimum absolute atomic E-state index is 0.0200. The van der Waals surface area contributed by atoms with Crippen LogP contribution in [0.1, 0.15) is 40.0 Å². The highest BCUT2D eigenvalue weighted by atomic mass is 16.4. The van der Waals surface area contributed by atoms with Crippen LogP contribution >= 0.6 is 0 Å². The number of amides is 1. The molecule has 1 heterocycles. The number of dihydropyridines is 1. The van der Waals surface area contributed by atoms with E-state index in [4.69, 9.17) is 5.11 Å². The van der Waals surface area contributed by atoms with E-state index in [2.05, 4.69) is 22.8 Å². The first-order valence-corrected chi connectivity index (χ1v) is 7.92. The Morgan fingerprint density at radius 2 is 2.13 bits per heavy atom. The molecule has 1 amide bonds. The van der Waals surface area contributed by atoms with Crippen molar-refractivity contribution in [2.24, 2.45) is 0 Å². The Kier molecular flexibility index (Phi) is 5.42. The van der Waals surface area contributed by atoms with Gasteiger partial charge in [0.2, 0.25) is 5.91 Å². The van der Waals surface area contributed by atoms with Gasteiger partial charge >= 0.3 is 5.97 Å². The first-order valence-electron chi connectivity index (χ1n) is 7.92. The lowest BCUT2D eigenvalue weighted by Gasteiger charge is -2.25. The van der Waals surface area contributed by atoms with E-state index in [1.54, 1.807) is 12.3 Å². The Bertz CT molecular complexity index is 626. The number of carboxylic acids is 1. The Balaban J connectivity index is 2.05. The van der Waals surface area contributed by atoms with Crippen LogP contribution < -0.4 is 10.6 Å². The first kappa shape index (κ1) is 17.1. The Hall–Kier alpha value is -2.30. The maximum absolute atomic E-state index is 11.1. The molecule has 2 atom stereocenters. The van der Waals surface area contributed by atoms with Crippen LogP contribution in [-0.4, -0.2) is 29.1 Å². The molecular weight excluding hydrogens is 292 g/mol. The largest absolute Gasteiger partial charge is 0.478 e. The van der Waals surface area contributed by atoms with Crippen molar-refractivity contribution in [1.82, 2.24) is 10.6 Å². The smallest absolute Gasteiger partial charge is 0.337 e. The van der Waals surface area contributed by atoms with E-state index < -0.39 is 5.97 Å². The van der Waals surface area contributed by atoms with Gasteiger partial charge in [-0.15, -0.1) is 0 Å². The van der Waals surface area contributed by atoms with Gasteiger partial charge in [0.15, 0.2) is 0 Å². The van der Waals surface area contributed by atoms with Crippen LogP contribution in [0.25, 0.3) is 0 Å². The van der Waals surface area contributed by atoms with E-state index in [1.807, 2.05) is 13.8 Å². The molecule has 0 bridgehead atoms. The molecule has 0 spiro atoms. The Morgan fingerprint density at radius 1 is 1.39 bits per heavy atom. The average molecular weight is 316 g/mol. The van der Waals surface area contributed by atoms with Gasteiger partial charge < -0.3 is 15.7 Å². The summed E-state index contributed by atoms with van der Waals surface area (Å²) in [6, 6.07) is 0.198. The highest BCUT2D eigenvalue weighted by Crippen LogP contribution is 2.28. The van der Waals surface area contributed by atoms with Crippen molar-refractivity contribution in [3.05, 3.63) is 46.7 Å². The van der Waals surface area contributed by atoms with Crippen LogP contribution in [0.3, 0.4) is 0 Å². The van der Waals surface area contributed by atoms with Crippen molar-refractivity contribution in [3.63, 3.8) is 0 Å². The lowest BCUT2D eigenvalue weighted by atomic mass is 9.88. The van der Waals surface area contributed by atoms with Gasteiger partial charge in [0.25, 0.3) is 0 Å². The quantitative estimate of drug-likeness (QED) is 0.728. The monoisotopic (exact) mass is 316 g/mol. The normalized spacial score (nSPS) is 22.0. The summed E-state index contributed by atoms with van der Waals surface area (Å²) >= 11 is 0. The molecule has 0 aromatic heterocycles. The molecule has 0 aromatic rings. The minimum Gasteiger partial charge on any atom is -0.478 e. The van der Waals surface area contributed by atoms with Crippen molar-refractivity contribution in [2.45, 2.75) is 52.1 Å². The highest BCUT2D eigenvalue weighted by Gasteiger charge is 2.19. The maximum Gasteiger partial charge on any atom is 0.337 e. The molecule has 5 heteroatoms. The lowest BCUT2D eigenvalue weighted by Crippen LogP contribution is -2.32.